The van der Waals surface area contributed by atoms with Gasteiger partial charge >= 0.3 is 0 Å². The van der Waals surface area contributed by atoms with Gasteiger partial charge in [0.05, 0.1) is 24.2 Å². The van der Waals surface area contributed by atoms with Crippen molar-refractivity contribution in [2.45, 2.75) is 19.4 Å². The second-order valence-corrected chi connectivity index (χ2v) is 6.49. The van der Waals surface area contributed by atoms with Crippen LogP contribution in [0.1, 0.15) is 12.2 Å². The molecule has 0 spiro atoms. The van der Waals surface area contributed by atoms with Crippen LogP contribution in [0.5, 0.6) is 0 Å². The van der Waals surface area contributed by atoms with Crippen molar-refractivity contribution in [3.05, 3.63) is 28.5 Å². The standard InChI is InChI=1S/C16H23BrN4O/c17-13-3-1-4-14-16(13)21(7-2-6-18)15(19-14)5-8-20-9-11-22-12-10-20/h1,3-4H,2,5-12,18H2. The van der Waals surface area contributed by atoms with Crippen molar-refractivity contribution in [2.75, 3.05) is 39.4 Å². The molecule has 0 bridgehead atoms. The summed E-state index contributed by atoms with van der Waals surface area (Å²) in [6.45, 7) is 6.39. The zero-order valence-electron chi connectivity index (χ0n) is 12.8. The monoisotopic (exact) mass is 366 g/mol. The quantitative estimate of drug-likeness (QED) is 0.849. The number of aryl methyl sites for hydroxylation is 1. The smallest absolute Gasteiger partial charge is 0.111 e. The number of benzene rings is 1. The second kappa shape index (κ2) is 7.55. The third-order valence-corrected chi connectivity index (χ3v) is 4.78. The molecule has 1 fully saturated rings. The third-order valence-electron chi connectivity index (χ3n) is 4.14. The Morgan fingerprint density at radius 1 is 1.23 bits per heavy atom. The third kappa shape index (κ3) is 3.51. The molecule has 0 aliphatic carbocycles. The highest BCUT2D eigenvalue weighted by molar-refractivity contribution is 9.10. The molecule has 1 aliphatic rings. The summed E-state index contributed by atoms with van der Waals surface area (Å²) in [5, 5.41) is 0. The van der Waals surface area contributed by atoms with Crippen LogP contribution in [-0.2, 0) is 17.7 Å². The molecule has 0 amide bonds. The number of aromatic nitrogens is 2. The molecule has 2 aromatic rings. The lowest BCUT2D eigenvalue weighted by Crippen LogP contribution is -2.37. The number of hydrogen-bond donors (Lipinski definition) is 1. The van der Waals surface area contributed by atoms with Crippen molar-refractivity contribution in [3.63, 3.8) is 0 Å². The normalized spacial score (nSPS) is 16.5. The van der Waals surface area contributed by atoms with Gasteiger partial charge in [0.15, 0.2) is 0 Å². The summed E-state index contributed by atoms with van der Waals surface area (Å²) in [6, 6.07) is 6.20. The maximum absolute atomic E-state index is 5.70. The van der Waals surface area contributed by atoms with Crippen LogP contribution < -0.4 is 5.73 Å². The summed E-state index contributed by atoms with van der Waals surface area (Å²) in [4.78, 5) is 7.29. The minimum atomic E-state index is 0.701. The second-order valence-electron chi connectivity index (χ2n) is 5.63. The van der Waals surface area contributed by atoms with Crippen molar-refractivity contribution in [1.29, 1.82) is 0 Å². The number of nitrogens with two attached hydrogens (primary N) is 1. The van der Waals surface area contributed by atoms with Crippen LogP contribution >= 0.6 is 15.9 Å². The molecular formula is C16H23BrN4O. The number of nitrogens with zero attached hydrogens (tertiary/aromatic N) is 3. The maximum Gasteiger partial charge on any atom is 0.111 e. The van der Waals surface area contributed by atoms with Crippen molar-refractivity contribution in [1.82, 2.24) is 14.5 Å². The highest BCUT2D eigenvalue weighted by Gasteiger charge is 2.15. The number of halogens is 1. The van der Waals surface area contributed by atoms with Gasteiger partial charge in [0.2, 0.25) is 0 Å². The molecule has 5 nitrogen and oxygen atoms in total. The summed E-state index contributed by atoms with van der Waals surface area (Å²) in [7, 11) is 0. The Morgan fingerprint density at radius 3 is 2.82 bits per heavy atom. The number of ether oxygens (including phenoxy) is 1. The first-order valence-electron chi connectivity index (χ1n) is 7.93. The zero-order chi connectivity index (χ0) is 15.4. The fourth-order valence-corrected chi connectivity index (χ4v) is 3.52. The summed E-state index contributed by atoms with van der Waals surface area (Å²) in [6.07, 6.45) is 1.93. The first kappa shape index (κ1) is 15.9. The number of morpholine rings is 1. The lowest BCUT2D eigenvalue weighted by atomic mass is 10.3. The summed E-state index contributed by atoms with van der Waals surface area (Å²) in [5.74, 6) is 1.15. The first-order valence-corrected chi connectivity index (χ1v) is 8.72. The SMILES string of the molecule is NCCCn1c(CCN2CCOCC2)nc2cccc(Br)c21. The van der Waals surface area contributed by atoms with Crippen molar-refractivity contribution in [2.24, 2.45) is 5.73 Å². The van der Waals surface area contributed by atoms with E-state index >= 15 is 0 Å². The summed E-state index contributed by atoms with van der Waals surface area (Å²) in [5.41, 5.74) is 7.95. The van der Waals surface area contributed by atoms with Gasteiger partial charge in [0.1, 0.15) is 5.82 Å². The van der Waals surface area contributed by atoms with Gasteiger partial charge in [-0.1, -0.05) is 6.07 Å². The number of rotatable bonds is 6. The Kier molecular flexibility index (Phi) is 5.46. The Morgan fingerprint density at radius 2 is 2.05 bits per heavy atom. The predicted octanol–water partition coefficient (Wildman–Crippen LogP) is 2.02. The topological polar surface area (TPSA) is 56.3 Å². The highest BCUT2D eigenvalue weighted by Crippen LogP contribution is 2.25. The molecular weight excluding hydrogens is 344 g/mol. The molecule has 2 N–H and O–H groups in total. The minimum absolute atomic E-state index is 0.701. The van der Waals surface area contributed by atoms with Crippen LogP contribution in [0, 0.1) is 0 Å². The number of fused-ring (bicyclic) bond motifs is 1. The molecule has 3 rings (SSSR count). The van der Waals surface area contributed by atoms with Crippen LogP contribution in [0.2, 0.25) is 0 Å². The molecule has 2 heterocycles. The van der Waals surface area contributed by atoms with E-state index in [4.69, 9.17) is 15.5 Å². The molecule has 22 heavy (non-hydrogen) atoms. The van der Waals surface area contributed by atoms with Gasteiger partial charge in [-0.3, -0.25) is 4.90 Å². The highest BCUT2D eigenvalue weighted by atomic mass is 79.9. The van der Waals surface area contributed by atoms with E-state index in [0.717, 1.165) is 68.0 Å². The van der Waals surface area contributed by atoms with E-state index in [0.29, 0.717) is 6.54 Å². The fraction of sp³-hybridized carbons (Fsp3) is 0.562. The van der Waals surface area contributed by atoms with E-state index in [9.17, 15) is 0 Å². The Bertz CT molecular complexity index is 622. The van der Waals surface area contributed by atoms with Gasteiger partial charge in [-0.05, 0) is 41.0 Å². The molecule has 120 valence electrons. The lowest BCUT2D eigenvalue weighted by molar-refractivity contribution is 0.0381. The molecule has 1 aromatic heterocycles. The first-order chi connectivity index (χ1) is 10.8. The maximum atomic E-state index is 5.70. The number of hydrogen-bond acceptors (Lipinski definition) is 4. The largest absolute Gasteiger partial charge is 0.379 e. The number of imidazole rings is 1. The van der Waals surface area contributed by atoms with Crippen LogP contribution in [-0.4, -0.2) is 53.8 Å². The Hall–Kier alpha value is -0.950. The molecule has 0 atom stereocenters. The van der Waals surface area contributed by atoms with Crippen LogP contribution in [0.15, 0.2) is 22.7 Å². The van der Waals surface area contributed by atoms with Gasteiger partial charge in [0.25, 0.3) is 0 Å². The average molecular weight is 367 g/mol. The van der Waals surface area contributed by atoms with Crippen LogP contribution in [0.3, 0.4) is 0 Å². The van der Waals surface area contributed by atoms with Gasteiger partial charge in [0, 0.05) is 37.1 Å². The Balaban J connectivity index is 1.82. The van der Waals surface area contributed by atoms with Crippen molar-refractivity contribution < 1.29 is 4.74 Å². The van der Waals surface area contributed by atoms with Gasteiger partial charge in [-0.2, -0.15) is 0 Å². The minimum Gasteiger partial charge on any atom is -0.379 e. The van der Waals surface area contributed by atoms with Crippen LogP contribution in [0.4, 0.5) is 0 Å². The van der Waals surface area contributed by atoms with E-state index in [-0.39, 0.29) is 0 Å². The van der Waals surface area contributed by atoms with E-state index < -0.39 is 0 Å². The van der Waals surface area contributed by atoms with E-state index in [1.165, 1.54) is 5.52 Å². The van der Waals surface area contributed by atoms with E-state index in [1.807, 2.05) is 6.07 Å². The summed E-state index contributed by atoms with van der Waals surface area (Å²) >= 11 is 3.66. The molecule has 0 unspecified atom stereocenters. The molecule has 1 aliphatic heterocycles. The fourth-order valence-electron chi connectivity index (χ4n) is 2.95. The summed E-state index contributed by atoms with van der Waals surface area (Å²) < 4.78 is 8.84. The van der Waals surface area contributed by atoms with E-state index in [1.54, 1.807) is 0 Å². The molecule has 1 aromatic carbocycles. The van der Waals surface area contributed by atoms with E-state index in [2.05, 4.69) is 37.5 Å². The van der Waals surface area contributed by atoms with Crippen molar-refractivity contribution >= 4 is 27.0 Å². The molecule has 1 saturated heterocycles. The van der Waals surface area contributed by atoms with Gasteiger partial charge in [-0.25, -0.2) is 4.98 Å². The predicted molar refractivity (Wildman–Crippen MR) is 92.1 cm³/mol. The lowest BCUT2D eigenvalue weighted by Gasteiger charge is -2.26. The number of para-hydroxylation sites is 1. The Labute approximate surface area is 139 Å². The molecule has 0 saturated carbocycles. The van der Waals surface area contributed by atoms with Gasteiger partial charge in [-0.15, -0.1) is 0 Å². The molecule has 0 radical (unpaired) electrons. The molecule has 6 heteroatoms. The zero-order valence-corrected chi connectivity index (χ0v) is 14.4. The van der Waals surface area contributed by atoms with Gasteiger partial charge < -0.3 is 15.0 Å². The van der Waals surface area contributed by atoms with Crippen molar-refractivity contribution in [3.8, 4) is 0 Å². The average Bonchev–Trinajstić information content (AvgIpc) is 2.91. The van der Waals surface area contributed by atoms with Crippen LogP contribution in [0.25, 0.3) is 11.0 Å².